The van der Waals surface area contributed by atoms with Gasteiger partial charge in [0.15, 0.2) is 0 Å². The third-order valence-electron chi connectivity index (χ3n) is 4.77. The van der Waals surface area contributed by atoms with Crippen LogP contribution >= 0.6 is 0 Å². The third kappa shape index (κ3) is 4.28. The van der Waals surface area contributed by atoms with E-state index in [-0.39, 0.29) is 23.7 Å². The van der Waals surface area contributed by atoms with Crippen LogP contribution in [0.2, 0.25) is 0 Å². The van der Waals surface area contributed by atoms with Gasteiger partial charge in [0.2, 0.25) is 0 Å². The van der Waals surface area contributed by atoms with Crippen LogP contribution in [0.4, 0.5) is 0 Å². The highest BCUT2D eigenvalue weighted by molar-refractivity contribution is 5.94. The lowest BCUT2D eigenvalue weighted by Crippen LogP contribution is -2.58. The van der Waals surface area contributed by atoms with Crippen LogP contribution in [-0.4, -0.2) is 63.0 Å². The van der Waals surface area contributed by atoms with Gasteiger partial charge in [-0.05, 0) is 52.0 Å². The largest absolute Gasteiger partial charge is 0.373 e. The summed E-state index contributed by atoms with van der Waals surface area (Å²) >= 11 is 0. The van der Waals surface area contributed by atoms with E-state index in [2.05, 4.69) is 48.0 Å². The molecule has 1 amide bonds. The summed E-state index contributed by atoms with van der Waals surface area (Å²) in [5, 5.41) is 7.15. The Labute approximate surface area is 154 Å². The van der Waals surface area contributed by atoms with E-state index in [1.807, 2.05) is 12.1 Å². The first-order valence-corrected chi connectivity index (χ1v) is 8.99. The van der Waals surface area contributed by atoms with Crippen molar-refractivity contribution >= 4 is 5.91 Å². The van der Waals surface area contributed by atoms with Crippen molar-refractivity contribution in [2.45, 2.75) is 45.4 Å². The van der Waals surface area contributed by atoms with Gasteiger partial charge in [0.1, 0.15) is 12.7 Å². The smallest absolute Gasteiger partial charge is 0.251 e. The zero-order chi connectivity index (χ0) is 18.7. The Morgan fingerprint density at radius 3 is 2.46 bits per heavy atom. The van der Waals surface area contributed by atoms with Crippen molar-refractivity contribution in [1.82, 2.24) is 25.0 Å². The minimum atomic E-state index is -0.136. The average molecular weight is 357 g/mol. The maximum absolute atomic E-state index is 12.5. The Balaban J connectivity index is 1.59. The molecule has 0 radical (unpaired) electrons. The molecular weight excluding hydrogens is 330 g/mol. The van der Waals surface area contributed by atoms with Gasteiger partial charge in [-0.3, -0.25) is 9.69 Å². The third-order valence-corrected chi connectivity index (χ3v) is 4.77. The molecule has 140 valence electrons. The van der Waals surface area contributed by atoms with E-state index in [9.17, 15) is 4.79 Å². The van der Waals surface area contributed by atoms with Gasteiger partial charge in [0.05, 0.1) is 17.9 Å². The maximum atomic E-state index is 12.5. The zero-order valence-corrected chi connectivity index (χ0v) is 15.8. The highest BCUT2D eigenvalue weighted by Crippen LogP contribution is 2.20. The number of hydrogen-bond donors (Lipinski definition) is 1. The Morgan fingerprint density at radius 1 is 1.23 bits per heavy atom. The summed E-state index contributed by atoms with van der Waals surface area (Å²) in [5.41, 5.74) is 1.37. The molecule has 7 heteroatoms. The molecular formula is C19H27N5O2. The van der Waals surface area contributed by atoms with Gasteiger partial charge in [-0.25, -0.2) is 9.67 Å². The summed E-state index contributed by atoms with van der Waals surface area (Å²) < 4.78 is 7.47. The molecule has 26 heavy (non-hydrogen) atoms. The van der Waals surface area contributed by atoms with Crippen molar-refractivity contribution in [2.75, 3.05) is 19.6 Å². The molecule has 7 nitrogen and oxygen atoms in total. The molecule has 0 unspecified atom stereocenters. The fourth-order valence-corrected chi connectivity index (χ4v) is 3.29. The number of benzene rings is 1. The van der Waals surface area contributed by atoms with E-state index in [0.29, 0.717) is 12.1 Å². The van der Waals surface area contributed by atoms with Crippen LogP contribution in [0.25, 0.3) is 5.69 Å². The molecule has 1 saturated heterocycles. The molecule has 0 spiro atoms. The average Bonchev–Trinajstić information content (AvgIpc) is 3.14. The molecule has 1 aliphatic rings. The number of amides is 1. The van der Waals surface area contributed by atoms with Crippen LogP contribution in [0.15, 0.2) is 36.9 Å². The number of ether oxygens (including phenoxy) is 1. The van der Waals surface area contributed by atoms with E-state index in [4.69, 9.17) is 4.74 Å². The van der Waals surface area contributed by atoms with Gasteiger partial charge < -0.3 is 10.1 Å². The standard InChI is InChI=1S/C19H27N5O2/c1-14-9-23(10-15(2)26-14)19(3,4)11-21-18(25)16-5-7-17(8-6-16)24-13-20-12-22-24/h5-8,12-15H,9-11H2,1-4H3,(H,21,25)/t14-,15+. The van der Waals surface area contributed by atoms with Gasteiger partial charge in [-0.1, -0.05) is 0 Å². The van der Waals surface area contributed by atoms with Crippen molar-refractivity contribution in [3.8, 4) is 5.69 Å². The molecule has 2 aromatic rings. The van der Waals surface area contributed by atoms with Crippen LogP contribution in [0.5, 0.6) is 0 Å². The summed E-state index contributed by atoms with van der Waals surface area (Å²) in [6.07, 6.45) is 3.52. The monoisotopic (exact) mass is 357 g/mol. The number of rotatable bonds is 5. The van der Waals surface area contributed by atoms with Crippen molar-refractivity contribution in [2.24, 2.45) is 0 Å². The Morgan fingerprint density at radius 2 is 1.88 bits per heavy atom. The Bertz CT molecular complexity index is 717. The van der Waals surface area contributed by atoms with E-state index in [0.717, 1.165) is 18.8 Å². The molecule has 0 aliphatic carbocycles. The summed E-state index contributed by atoms with van der Waals surface area (Å²) in [5.74, 6) is -0.0717. The normalized spacial score (nSPS) is 21.5. The van der Waals surface area contributed by atoms with Crippen LogP contribution in [0.3, 0.4) is 0 Å². The Kier molecular flexibility index (Phi) is 5.38. The number of nitrogens with zero attached hydrogens (tertiary/aromatic N) is 4. The van der Waals surface area contributed by atoms with E-state index >= 15 is 0 Å². The van der Waals surface area contributed by atoms with Crippen molar-refractivity contribution in [1.29, 1.82) is 0 Å². The topological polar surface area (TPSA) is 72.3 Å². The molecule has 1 aromatic heterocycles. The first-order chi connectivity index (χ1) is 12.3. The minimum absolute atomic E-state index is 0.0717. The summed E-state index contributed by atoms with van der Waals surface area (Å²) in [6.45, 7) is 10.8. The van der Waals surface area contributed by atoms with Gasteiger partial charge in [-0.2, -0.15) is 5.10 Å². The number of nitrogens with one attached hydrogen (secondary N) is 1. The maximum Gasteiger partial charge on any atom is 0.251 e. The lowest BCUT2D eigenvalue weighted by atomic mass is 10.00. The predicted octanol–water partition coefficient (Wildman–Crippen LogP) is 1.88. The summed E-state index contributed by atoms with van der Waals surface area (Å²) in [7, 11) is 0. The zero-order valence-electron chi connectivity index (χ0n) is 15.8. The number of morpholine rings is 1. The number of hydrogen-bond acceptors (Lipinski definition) is 5. The number of carbonyl (C=O) groups is 1. The van der Waals surface area contributed by atoms with Crippen molar-refractivity contribution in [3.63, 3.8) is 0 Å². The molecule has 2 heterocycles. The van der Waals surface area contributed by atoms with E-state index in [1.165, 1.54) is 6.33 Å². The van der Waals surface area contributed by atoms with Gasteiger partial charge in [-0.15, -0.1) is 0 Å². The number of aromatic nitrogens is 3. The lowest BCUT2D eigenvalue weighted by molar-refractivity contribution is -0.0948. The quantitative estimate of drug-likeness (QED) is 0.885. The second-order valence-corrected chi connectivity index (χ2v) is 7.54. The van der Waals surface area contributed by atoms with Crippen LogP contribution in [-0.2, 0) is 4.74 Å². The lowest BCUT2D eigenvalue weighted by Gasteiger charge is -2.45. The second kappa shape index (κ2) is 7.55. The molecule has 0 bridgehead atoms. The predicted molar refractivity (Wildman–Crippen MR) is 99.4 cm³/mol. The van der Waals surface area contributed by atoms with Crippen LogP contribution in [0.1, 0.15) is 38.1 Å². The molecule has 1 N–H and O–H groups in total. The molecule has 3 rings (SSSR count). The van der Waals surface area contributed by atoms with Crippen LogP contribution < -0.4 is 5.32 Å². The first-order valence-electron chi connectivity index (χ1n) is 8.99. The van der Waals surface area contributed by atoms with E-state index in [1.54, 1.807) is 23.1 Å². The SMILES string of the molecule is C[C@@H]1CN(C(C)(C)CNC(=O)c2ccc(-n3cncn3)cc2)C[C@H](C)O1. The first kappa shape index (κ1) is 18.5. The molecule has 1 aliphatic heterocycles. The Hall–Kier alpha value is -2.25. The van der Waals surface area contributed by atoms with Gasteiger partial charge >= 0.3 is 0 Å². The second-order valence-electron chi connectivity index (χ2n) is 7.54. The highest BCUT2D eigenvalue weighted by Gasteiger charge is 2.33. The molecule has 0 saturated carbocycles. The van der Waals surface area contributed by atoms with Gasteiger partial charge in [0.25, 0.3) is 5.91 Å². The highest BCUT2D eigenvalue weighted by atomic mass is 16.5. The van der Waals surface area contributed by atoms with E-state index < -0.39 is 0 Å². The fraction of sp³-hybridized carbons (Fsp3) is 0.526. The molecule has 2 atom stereocenters. The summed E-state index contributed by atoms with van der Waals surface area (Å²) in [6, 6.07) is 7.33. The van der Waals surface area contributed by atoms with Crippen molar-refractivity contribution in [3.05, 3.63) is 42.5 Å². The fourth-order valence-electron chi connectivity index (χ4n) is 3.29. The van der Waals surface area contributed by atoms with Crippen molar-refractivity contribution < 1.29 is 9.53 Å². The number of carbonyl (C=O) groups excluding carboxylic acids is 1. The minimum Gasteiger partial charge on any atom is -0.373 e. The van der Waals surface area contributed by atoms with Gasteiger partial charge in [0, 0.05) is 30.7 Å². The molecule has 1 aromatic carbocycles. The molecule has 1 fully saturated rings. The summed E-state index contributed by atoms with van der Waals surface area (Å²) in [4.78, 5) is 18.8. The van der Waals surface area contributed by atoms with Crippen LogP contribution in [0, 0.1) is 0 Å².